The highest BCUT2D eigenvalue weighted by Gasteiger charge is 2.50. The zero-order valence-electron chi connectivity index (χ0n) is 20.1. The molecule has 2 aromatic heterocycles. The molecule has 2 aromatic carbocycles. The second kappa shape index (κ2) is 9.20. The fourth-order valence-corrected chi connectivity index (χ4v) is 4.57. The van der Waals surface area contributed by atoms with Crippen LogP contribution in [-0.4, -0.2) is 50.7 Å². The average molecular weight is 542 g/mol. The molecule has 0 unspecified atom stereocenters. The molecule has 1 aliphatic heterocycles. The average Bonchev–Trinajstić information content (AvgIpc) is 3.33. The highest BCUT2D eigenvalue weighted by Crippen LogP contribution is 2.46. The van der Waals surface area contributed by atoms with Crippen molar-refractivity contribution in [2.24, 2.45) is 5.41 Å². The first-order chi connectivity index (χ1) is 18.7. The molecule has 1 aliphatic carbocycles. The molecule has 10 nitrogen and oxygen atoms in total. The van der Waals surface area contributed by atoms with E-state index in [4.69, 9.17) is 13.8 Å². The summed E-state index contributed by atoms with van der Waals surface area (Å²) in [6, 6.07) is 12.0. The van der Waals surface area contributed by atoms with Crippen molar-refractivity contribution in [1.82, 2.24) is 20.6 Å². The van der Waals surface area contributed by atoms with Crippen LogP contribution in [0.25, 0.3) is 34.3 Å². The van der Waals surface area contributed by atoms with E-state index in [1.807, 2.05) is 0 Å². The fourth-order valence-electron chi connectivity index (χ4n) is 4.57. The van der Waals surface area contributed by atoms with Crippen LogP contribution in [0.5, 0.6) is 5.75 Å². The van der Waals surface area contributed by atoms with Gasteiger partial charge in [-0.05, 0) is 18.9 Å². The zero-order valence-corrected chi connectivity index (χ0v) is 20.1. The Morgan fingerprint density at radius 3 is 2.54 bits per heavy atom. The van der Waals surface area contributed by atoms with Crippen LogP contribution in [0.15, 0.2) is 57.6 Å². The number of alkyl halides is 3. The van der Waals surface area contributed by atoms with Crippen LogP contribution in [0.3, 0.4) is 0 Å². The molecule has 13 heteroatoms. The SMILES string of the molecule is O=C(O)C1(CN[C@@H]2COc3cc(-c4noc(-c5onc(-c6ccccc6)c5C(F)(F)F)n4)ccc3[C@@H]2O)CC1. The van der Waals surface area contributed by atoms with E-state index in [-0.39, 0.29) is 24.5 Å². The van der Waals surface area contributed by atoms with Gasteiger partial charge in [-0.3, -0.25) is 4.79 Å². The minimum atomic E-state index is -4.81. The second-order valence-electron chi connectivity index (χ2n) is 9.60. The summed E-state index contributed by atoms with van der Waals surface area (Å²) >= 11 is 0. The standard InChI is InChI=1S/C26H21F3N4O6/c27-26(28,29)18-19(13-4-2-1-3-5-13)32-38-21(18)23-31-22(33-39-23)14-6-7-15-17(10-14)37-11-16(20(15)34)30-12-25(8-9-25)24(35)36/h1-7,10,16,20,30,34H,8-9,11-12H2,(H,35,36)/t16-,20+/m1/s1. The van der Waals surface area contributed by atoms with Gasteiger partial charge in [-0.1, -0.05) is 52.8 Å². The highest BCUT2D eigenvalue weighted by atomic mass is 19.4. The lowest BCUT2D eigenvalue weighted by molar-refractivity contribution is -0.143. The number of benzene rings is 2. The summed E-state index contributed by atoms with van der Waals surface area (Å²) in [5, 5.41) is 30.7. The monoisotopic (exact) mass is 542 g/mol. The highest BCUT2D eigenvalue weighted by molar-refractivity contribution is 5.78. The molecule has 0 radical (unpaired) electrons. The molecule has 39 heavy (non-hydrogen) atoms. The predicted octanol–water partition coefficient (Wildman–Crippen LogP) is 4.33. The summed E-state index contributed by atoms with van der Waals surface area (Å²) in [6.07, 6.45) is -4.61. The normalized spacial score (nSPS) is 19.8. The number of carboxylic acid groups (broad SMARTS) is 1. The maximum atomic E-state index is 14.0. The van der Waals surface area contributed by atoms with Crippen LogP contribution in [0.1, 0.15) is 30.1 Å². The number of aliphatic hydroxyl groups is 1. The van der Waals surface area contributed by atoms with E-state index in [1.54, 1.807) is 36.4 Å². The van der Waals surface area contributed by atoms with Gasteiger partial charge in [0.05, 0.1) is 11.5 Å². The van der Waals surface area contributed by atoms with Gasteiger partial charge in [0.1, 0.15) is 29.7 Å². The molecular formula is C26H21F3N4O6. The Morgan fingerprint density at radius 2 is 1.85 bits per heavy atom. The van der Waals surface area contributed by atoms with Crippen molar-refractivity contribution in [1.29, 1.82) is 0 Å². The molecule has 6 rings (SSSR count). The number of carbonyl (C=O) groups is 1. The minimum Gasteiger partial charge on any atom is -0.491 e. The maximum absolute atomic E-state index is 14.0. The summed E-state index contributed by atoms with van der Waals surface area (Å²) in [6.45, 7) is 0.306. The van der Waals surface area contributed by atoms with Gasteiger partial charge in [0.25, 0.3) is 5.89 Å². The third-order valence-electron chi connectivity index (χ3n) is 7.04. The summed E-state index contributed by atoms with van der Waals surface area (Å²) in [5.74, 6) is -1.75. The van der Waals surface area contributed by atoms with Crippen molar-refractivity contribution in [2.45, 2.75) is 31.2 Å². The summed E-state index contributed by atoms with van der Waals surface area (Å²) in [5.41, 5.74) is -1.26. The van der Waals surface area contributed by atoms with E-state index in [1.165, 1.54) is 12.1 Å². The van der Waals surface area contributed by atoms with Crippen LogP contribution >= 0.6 is 0 Å². The quantitative estimate of drug-likeness (QED) is 0.309. The number of fused-ring (bicyclic) bond motifs is 1. The number of aliphatic carboxylic acids is 1. The lowest BCUT2D eigenvalue weighted by Crippen LogP contribution is -2.46. The maximum Gasteiger partial charge on any atom is 0.422 e. The van der Waals surface area contributed by atoms with Gasteiger partial charge in [-0.2, -0.15) is 18.2 Å². The third kappa shape index (κ3) is 4.53. The number of hydrogen-bond acceptors (Lipinski definition) is 9. The molecule has 2 aliphatic rings. The molecule has 4 aromatic rings. The number of nitrogens with zero attached hydrogens (tertiary/aromatic N) is 3. The third-order valence-corrected chi connectivity index (χ3v) is 7.04. The van der Waals surface area contributed by atoms with E-state index >= 15 is 0 Å². The van der Waals surface area contributed by atoms with Gasteiger partial charge in [-0.15, -0.1) is 0 Å². The van der Waals surface area contributed by atoms with E-state index in [0.717, 1.165) is 0 Å². The number of halogens is 3. The first-order valence-corrected chi connectivity index (χ1v) is 12.0. The van der Waals surface area contributed by atoms with Gasteiger partial charge in [0.15, 0.2) is 0 Å². The predicted molar refractivity (Wildman–Crippen MR) is 127 cm³/mol. The minimum absolute atomic E-state index is 0.0194. The zero-order chi connectivity index (χ0) is 27.4. The van der Waals surface area contributed by atoms with Crippen LogP contribution < -0.4 is 10.1 Å². The van der Waals surface area contributed by atoms with E-state index in [2.05, 4.69) is 20.6 Å². The van der Waals surface area contributed by atoms with E-state index in [0.29, 0.717) is 29.7 Å². The largest absolute Gasteiger partial charge is 0.491 e. The Labute approximate surface area is 218 Å². The Bertz CT molecular complexity index is 1530. The van der Waals surface area contributed by atoms with Gasteiger partial charge in [0, 0.05) is 23.2 Å². The molecule has 0 saturated heterocycles. The number of rotatable bonds is 7. The first-order valence-electron chi connectivity index (χ1n) is 12.0. The Balaban J connectivity index is 1.24. The van der Waals surface area contributed by atoms with E-state index in [9.17, 15) is 28.2 Å². The van der Waals surface area contributed by atoms with Crippen LogP contribution in [0, 0.1) is 5.41 Å². The van der Waals surface area contributed by atoms with Crippen molar-refractivity contribution >= 4 is 5.97 Å². The van der Waals surface area contributed by atoms with Crippen molar-refractivity contribution in [3.63, 3.8) is 0 Å². The molecule has 0 amide bonds. The Morgan fingerprint density at radius 1 is 1.08 bits per heavy atom. The van der Waals surface area contributed by atoms with Gasteiger partial charge in [0.2, 0.25) is 11.6 Å². The fraction of sp³-hybridized carbons (Fsp3) is 0.308. The molecular weight excluding hydrogens is 521 g/mol. The summed E-state index contributed by atoms with van der Waals surface area (Å²) < 4.78 is 57.9. The van der Waals surface area contributed by atoms with Crippen molar-refractivity contribution < 1.29 is 42.0 Å². The lowest BCUT2D eigenvalue weighted by Gasteiger charge is -2.32. The number of carboxylic acids is 1. The van der Waals surface area contributed by atoms with Crippen molar-refractivity contribution in [3.05, 3.63) is 59.7 Å². The Kier molecular flexibility index (Phi) is 5.92. The summed E-state index contributed by atoms with van der Waals surface area (Å²) in [4.78, 5) is 15.5. The molecule has 2 atom stereocenters. The smallest absolute Gasteiger partial charge is 0.422 e. The number of hydrogen-bond donors (Lipinski definition) is 3. The van der Waals surface area contributed by atoms with Crippen LogP contribution in [0.2, 0.25) is 0 Å². The van der Waals surface area contributed by atoms with Gasteiger partial charge >= 0.3 is 12.1 Å². The molecule has 1 saturated carbocycles. The number of aliphatic hydroxyl groups excluding tert-OH is 1. The summed E-state index contributed by atoms with van der Waals surface area (Å²) in [7, 11) is 0. The van der Waals surface area contributed by atoms with Crippen LogP contribution in [0.4, 0.5) is 13.2 Å². The molecule has 0 bridgehead atoms. The van der Waals surface area contributed by atoms with Crippen LogP contribution in [-0.2, 0) is 11.0 Å². The lowest BCUT2D eigenvalue weighted by atomic mass is 9.96. The topological polar surface area (TPSA) is 144 Å². The second-order valence-corrected chi connectivity index (χ2v) is 9.60. The molecule has 3 heterocycles. The van der Waals surface area contributed by atoms with Gasteiger partial charge in [-0.25, -0.2) is 0 Å². The molecule has 1 fully saturated rings. The van der Waals surface area contributed by atoms with Crippen molar-refractivity contribution in [3.8, 4) is 40.0 Å². The first kappa shape index (κ1) is 25.1. The van der Waals surface area contributed by atoms with E-state index < -0.39 is 52.6 Å². The number of aromatic nitrogens is 3. The van der Waals surface area contributed by atoms with Gasteiger partial charge < -0.3 is 29.3 Å². The number of nitrogens with one attached hydrogen (secondary N) is 1. The van der Waals surface area contributed by atoms with Crippen molar-refractivity contribution in [2.75, 3.05) is 13.2 Å². The number of ether oxygens (including phenoxy) is 1. The molecule has 202 valence electrons. The Hall–Kier alpha value is -4.23. The molecule has 3 N–H and O–H groups in total. The molecule has 0 spiro atoms.